The van der Waals surface area contributed by atoms with Crippen LogP contribution >= 0.6 is 0 Å². The Kier molecular flexibility index (Phi) is 2.89. The highest BCUT2D eigenvalue weighted by Crippen LogP contribution is 2.30. The SMILES string of the molecule is C=CC[C@@]1(OC)CC=CCC1. The highest BCUT2D eigenvalue weighted by Gasteiger charge is 2.27. The Labute approximate surface area is 68.8 Å². The summed E-state index contributed by atoms with van der Waals surface area (Å²) in [5.74, 6) is 0. The summed E-state index contributed by atoms with van der Waals surface area (Å²) < 4.78 is 5.50. The van der Waals surface area contributed by atoms with E-state index in [0.29, 0.717) is 0 Å². The maximum atomic E-state index is 5.50. The molecule has 0 aromatic rings. The van der Waals surface area contributed by atoms with E-state index in [-0.39, 0.29) is 5.60 Å². The second-order valence-corrected chi connectivity index (χ2v) is 3.09. The normalized spacial score (nSPS) is 30.3. The molecule has 0 saturated heterocycles. The van der Waals surface area contributed by atoms with Crippen LogP contribution in [0.4, 0.5) is 0 Å². The lowest BCUT2D eigenvalue weighted by Crippen LogP contribution is -2.31. The van der Waals surface area contributed by atoms with Gasteiger partial charge in [-0.05, 0) is 25.7 Å². The third-order valence-electron chi connectivity index (χ3n) is 2.37. The molecule has 0 radical (unpaired) electrons. The number of allylic oxidation sites excluding steroid dienone is 1. The van der Waals surface area contributed by atoms with Gasteiger partial charge in [-0.3, -0.25) is 0 Å². The number of ether oxygens (including phenoxy) is 1. The van der Waals surface area contributed by atoms with Crippen LogP contribution < -0.4 is 0 Å². The Morgan fingerprint density at radius 3 is 2.91 bits per heavy atom. The first-order valence-corrected chi connectivity index (χ1v) is 4.14. The van der Waals surface area contributed by atoms with Crippen LogP contribution in [0.25, 0.3) is 0 Å². The van der Waals surface area contributed by atoms with Gasteiger partial charge in [0, 0.05) is 7.11 Å². The van der Waals surface area contributed by atoms with Crippen LogP contribution in [0.3, 0.4) is 0 Å². The van der Waals surface area contributed by atoms with Crippen molar-refractivity contribution in [2.75, 3.05) is 7.11 Å². The summed E-state index contributed by atoms with van der Waals surface area (Å²) >= 11 is 0. The molecule has 0 aliphatic heterocycles. The fraction of sp³-hybridized carbons (Fsp3) is 0.600. The molecule has 0 spiro atoms. The third-order valence-corrected chi connectivity index (χ3v) is 2.37. The van der Waals surface area contributed by atoms with E-state index in [1.807, 2.05) is 6.08 Å². The summed E-state index contributed by atoms with van der Waals surface area (Å²) in [5, 5.41) is 0. The average molecular weight is 152 g/mol. The Morgan fingerprint density at radius 1 is 1.64 bits per heavy atom. The lowest BCUT2D eigenvalue weighted by atomic mass is 9.86. The summed E-state index contributed by atoms with van der Waals surface area (Å²) in [5.41, 5.74) is 0.0660. The molecule has 0 amide bonds. The number of hydrogen-bond donors (Lipinski definition) is 0. The van der Waals surface area contributed by atoms with Gasteiger partial charge in [0.25, 0.3) is 0 Å². The summed E-state index contributed by atoms with van der Waals surface area (Å²) in [4.78, 5) is 0. The molecule has 1 nitrogen and oxygen atoms in total. The highest BCUT2D eigenvalue weighted by molar-refractivity contribution is 5.01. The zero-order valence-electron chi connectivity index (χ0n) is 7.18. The van der Waals surface area contributed by atoms with Crippen molar-refractivity contribution in [1.29, 1.82) is 0 Å². The molecule has 62 valence electrons. The molecular weight excluding hydrogens is 136 g/mol. The van der Waals surface area contributed by atoms with Gasteiger partial charge in [-0.1, -0.05) is 18.2 Å². The van der Waals surface area contributed by atoms with Crippen LogP contribution in [0, 0.1) is 0 Å². The van der Waals surface area contributed by atoms with Crippen molar-refractivity contribution >= 4 is 0 Å². The van der Waals surface area contributed by atoms with Crippen molar-refractivity contribution in [3.05, 3.63) is 24.8 Å². The van der Waals surface area contributed by atoms with Crippen LogP contribution in [-0.2, 0) is 4.74 Å². The van der Waals surface area contributed by atoms with Gasteiger partial charge in [0.05, 0.1) is 5.60 Å². The standard InChI is InChI=1S/C10H16O/c1-3-7-10(11-2)8-5-4-6-9-10/h3-5H,1,6-9H2,2H3/t10-/m1/s1. The maximum Gasteiger partial charge on any atom is 0.0750 e. The van der Waals surface area contributed by atoms with Gasteiger partial charge in [0.15, 0.2) is 0 Å². The lowest BCUT2D eigenvalue weighted by molar-refractivity contribution is -0.0147. The molecule has 0 bridgehead atoms. The molecule has 0 aromatic carbocycles. The first-order valence-electron chi connectivity index (χ1n) is 4.14. The minimum atomic E-state index is 0.0660. The Bertz CT molecular complexity index is 160. The van der Waals surface area contributed by atoms with Gasteiger partial charge >= 0.3 is 0 Å². The van der Waals surface area contributed by atoms with E-state index < -0.39 is 0 Å². The van der Waals surface area contributed by atoms with Crippen molar-refractivity contribution in [2.24, 2.45) is 0 Å². The van der Waals surface area contributed by atoms with Crippen LogP contribution in [0.5, 0.6) is 0 Å². The van der Waals surface area contributed by atoms with Crippen LogP contribution in [0.15, 0.2) is 24.8 Å². The van der Waals surface area contributed by atoms with Crippen molar-refractivity contribution in [2.45, 2.75) is 31.3 Å². The molecule has 0 N–H and O–H groups in total. The van der Waals surface area contributed by atoms with E-state index in [2.05, 4.69) is 18.7 Å². The summed E-state index contributed by atoms with van der Waals surface area (Å²) in [6.45, 7) is 3.74. The number of methoxy groups -OCH3 is 1. The largest absolute Gasteiger partial charge is 0.378 e. The molecule has 0 unspecified atom stereocenters. The molecular formula is C10H16O. The van der Waals surface area contributed by atoms with E-state index in [0.717, 1.165) is 25.7 Å². The van der Waals surface area contributed by atoms with Gasteiger partial charge in [0.1, 0.15) is 0 Å². The second-order valence-electron chi connectivity index (χ2n) is 3.09. The average Bonchev–Trinajstić information content (AvgIpc) is 2.07. The monoisotopic (exact) mass is 152 g/mol. The van der Waals surface area contributed by atoms with E-state index in [1.54, 1.807) is 7.11 Å². The summed E-state index contributed by atoms with van der Waals surface area (Å²) in [6, 6.07) is 0. The molecule has 0 heterocycles. The van der Waals surface area contributed by atoms with Gasteiger partial charge in [0.2, 0.25) is 0 Å². The molecule has 0 saturated carbocycles. The molecule has 1 aliphatic rings. The fourth-order valence-corrected chi connectivity index (χ4v) is 1.58. The van der Waals surface area contributed by atoms with E-state index in [4.69, 9.17) is 4.74 Å². The zero-order chi connectivity index (χ0) is 8.16. The van der Waals surface area contributed by atoms with E-state index >= 15 is 0 Å². The first-order chi connectivity index (χ1) is 5.33. The highest BCUT2D eigenvalue weighted by atomic mass is 16.5. The summed E-state index contributed by atoms with van der Waals surface area (Å²) in [7, 11) is 1.79. The Balaban J connectivity index is 2.58. The van der Waals surface area contributed by atoms with Gasteiger partial charge in [-0.25, -0.2) is 0 Å². The van der Waals surface area contributed by atoms with E-state index in [1.165, 1.54) is 0 Å². The van der Waals surface area contributed by atoms with E-state index in [9.17, 15) is 0 Å². The molecule has 1 aliphatic carbocycles. The second kappa shape index (κ2) is 3.72. The number of rotatable bonds is 3. The Hall–Kier alpha value is -0.560. The minimum Gasteiger partial charge on any atom is -0.378 e. The molecule has 1 rings (SSSR count). The van der Waals surface area contributed by atoms with Crippen LogP contribution in [0.1, 0.15) is 25.7 Å². The smallest absolute Gasteiger partial charge is 0.0750 e. The topological polar surface area (TPSA) is 9.23 Å². The quantitative estimate of drug-likeness (QED) is 0.565. The fourth-order valence-electron chi connectivity index (χ4n) is 1.58. The predicted molar refractivity (Wildman–Crippen MR) is 47.5 cm³/mol. The molecule has 0 aromatic heterocycles. The third kappa shape index (κ3) is 1.93. The molecule has 0 fully saturated rings. The van der Waals surface area contributed by atoms with Crippen LogP contribution in [-0.4, -0.2) is 12.7 Å². The minimum absolute atomic E-state index is 0.0660. The van der Waals surface area contributed by atoms with Crippen molar-refractivity contribution in [3.63, 3.8) is 0 Å². The molecule has 1 atom stereocenters. The van der Waals surface area contributed by atoms with Gasteiger partial charge in [-0.2, -0.15) is 0 Å². The maximum absolute atomic E-state index is 5.50. The van der Waals surface area contributed by atoms with Crippen molar-refractivity contribution in [1.82, 2.24) is 0 Å². The molecule has 11 heavy (non-hydrogen) atoms. The summed E-state index contributed by atoms with van der Waals surface area (Å²) in [6.07, 6.45) is 10.6. The Morgan fingerprint density at radius 2 is 2.45 bits per heavy atom. The lowest BCUT2D eigenvalue weighted by Gasteiger charge is -2.32. The van der Waals surface area contributed by atoms with Crippen molar-refractivity contribution < 1.29 is 4.74 Å². The van der Waals surface area contributed by atoms with Crippen LogP contribution in [0.2, 0.25) is 0 Å². The zero-order valence-corrected chi connectivity index (χ0v) is 7.18. The predicted octanol–water partition coefficient (Wildman–Crippen LogP) is 2.69. The molecule has 1 heteroatoms. The first kappa shape index (κ1) is 8.54. The number of hydrogen-bond acceptors (Lipinski definition) is 1. The van der Waals surface area contributed by atoms with Gasteiger partial charge < -0.3 is 4.74 Å². The van der Waals surface area contributed by atoms with Gasteiger partial charge in [-0.15, -0.1) is 6.58 Å². The van der Waals surface area contributed by atoms with Crippen molar-refractivity contribution in [3.8, 4) is 0 Å².